The van der Waals surface area contributed by atoms with Crippen LogP contribution >= 0.6 is 11.6 Å². The fourth-order valence-corrected chi connectivity index (χ4v) is 2.44. The van der Waals surface area contributed by atoms with Gasteiger partial charge < -0.3 is 9.16 Å². The summed E-state index contributed by atoms with van der Waals surface area (Å²) in [6.07, 6.45) is 0. The second-order valence-corrected chi connectivity index (χ2v) is 9.38. The van der Waals surface area contributed by atoms with Crippen LogP contribution in [0, 0.1) is 11.3 Å². The molecule has 0 spiro atoms. The molecule has 0 radical (unpaired) electrons. The summed E-state index contributed by atoms with van der Waals surface area (Å²) in [7, 11) is -1.76. The first kappa shape index (κ1) is 13.9. The first-order chi connectivity index (χ1) is 7.87. The van der Waals surface area contributed by atoms with Crippen LogP contribution in [0.2, 0.25) is 24.7 Å². The van der Waals surface area contributed by atoms with Crippen LogP contribution < -0.4 is 9.16 Å². The lowest BCUT2D eigenvalue weighted by Gasteiger charge is -2.22. The molecule has 0 bridgehead atoms. The van der Waals surface area contributed by atoms with Gasteiger partial charge in [-0.2, -0.15) is 5.26 Å². The van der Waals surface area contributed by atoms with E-state index in [2.05, 4.69) is 19.6 Å². The molecule has 0 aliphatic carbocycles. The SMILES string of the molecule is CCOc1cc(C#N)cc(Cl)c1O[Si](C)(C)C. The molecule has 0 atom stereocenters. The van der Waals surface area contributed by atoms with E-state index in [4.69, 9.17) is 26.0 Å². The van der Waals surface area contributed by atoms with Gasteiger partial charge >= 0.3 is 0 Å². The van der Waals surface area contributed by atoms with Gasteiger partial charge in [0.1, 0.15) is 0 Å². The largest absolute Gasteiger partial charge is 0.541 e. The Hall–Kier alpha value is -1.18. The second-order valence-electron chi connectivity index (χ2n) is 4.54. The van der Waals surface area contributed by atoms with E-state index >= 15 is 0 Å². The van der Waals surface area contributed by atoms with E-state index in [-0.39, 0.29) is 0 Å². The maximum atomic E-state index is 8.88. The van der Waals surface area contributed by atoms with Crippen molar-refractivity contribution >= 4 is 19.9 Å². The van der Waals surface area contributed by atoms with E-state index in [1.165, 1.54) is 0 Å². The summed E-state index contributed by atoms with van der Waals surface area (Å²) in [4.78, 5) is 0. The van der Waals surface area contributed by atoms with E-state index < -0.39 is 8.32 Å². The second kappa shape index (κ2) is 5.43. The van der Waals surface area contributed by atoms with Crippen LogP contribution in [0.4, 0.5) is 0 Å². The Labute approximate surface area is 108 Å². The summed E-state index contributed by atoms with van der Waals surface area (Å²) in [6.45, 7) is 8.59. The Kier molecular flexibility index (Phi) is 4.44. The molecule has 92 valence electrons. The van der Waals surface area contributed by atoms with E-state index in [1.54, 1.807) is 12.1 Å². The molecule has 0 aliphatic rings. The number of benzene rings is 1. The molecule has 0 unspecified atom stereocenters. The highest BCUT2D eigenvalue weighted by Gasteiger charge is 2.21. The van der Waals surface area contributed by atoms with E-state index in [0.717, 1.165) is 0 Å². The van der Waals surface area contributed by atoms with Gasteiger partial charge in [0.05, 0.1) is 23.3 Å². The zero-order valence-electron chi connectivity index (χ0n) is 10.5. The molecule has 0 heterocycles. The van der Waals surface area contributed by atoms with E-state index in [9.17, 15) is 0 Å². The van der Waals surface area contributed by atoms with Crippen molar-refractivity contribution in [2.45, 2.75) is 26.6 Å². The molecule has 0 amide bonds. The van der Waals surface area contributed by atoms with Gasteiger partial charge in [-0.25, -0.2) is 0 Å². The van der Waals surface area contributed by atoms with Crippen LogP contribution in [-0.2, 0) is 0 Å². The zero-order valence-corrected chi connectivity index (χ0v) is 12.3. The fourth-order valence-electron chi connectivity index (χ4n) is 1.30. The quantitative estimate of drug-likeness (QED) is 0.781. The van der Waals surface area contributed by atoms with Crippen molar-refractivity contribution in [2.24, 2.45) is 0 Å². The van der Waals surface area contributed by atoms with E-state index in [1.807, 2.05) is 13.0 Å². The third-order valence-electron chi connectivity index (χ3n) is 1.85. The number of hydrogen-bond acceptors (Lipinski definition) is 3. The Morgan fingerprint density at radius 1 is 1.35 bits per heavy atom. The van der Waals surface area contributed by atoms with Crippen LogP contribution in [0.25, 0.3) is 0 Å². The molecule has 1 aromatic rings. The number of ether oxygens (including phenoxy) is 1. The number of nitriles is 1. The fraction of sp³-hybridized carbons (Fsp3) is 0.417. The van der Waals surface area contributed by atoms with Gasteiger partial charge in [0.2, 0.25) is 8.32 Å². The molecule has 0 fully saturated rings. The van der Waals surface area contributed by atoms with Gasteiger partial charge in [-0.05, 0) is 32.6 Å². The van der Waals surface area contributed by atoms with Gasteiger partial charge in [0.25, 0.3) is 0 Å². The van der Waals surface area contributed by atoms with Gasteiger partial charge in [0, 0.05) is 6.07 Å². The summed E-state index contributed by atoms with van der Waals surface area (Å²) in [5.41, 5.74) is 0.473. The Morgan fingerprint density at radius 3 is 2.47 bits per heavy atom. The number of hydrogen-bond donors (Lipinski definition) is 0. The lowest BCUT2D eigenvalue weighted by atomic mass is 10.2. The van der Waals surface area contributed by atoms with Crippen LogP contribution in [0.1, 0.15) is 12.5 Å². The minimum atomic E-state index is -1.76. The standard InChI is InChI=1S/C12H16ClNO2Si/c1-5-15-11-7-9(8-14)6-10(13)12(11)16-17(2,3)4/h6-7H,5H2,1-4H3. The Morgan fingerprint density at radius 2 is 2.00 bits per heavy atom. The number of rotatable bonds is 4. The van der Waals surface area contributed by atoms with Gasteiger partial charge in [-0.15, -0.1) is 0 Å². The minimum absolute atomic E-state index is 0.426. The van der Waals surface area contributed by atoms with Crippen molar-refractivity contribution in [2.75, 3.05) is 6.61 Å². The Balaban J connectivity index is 3.22. The summed E-state index contributed by atoms with van der Waals surface area (Å²) in [5.74, 6) is 1.09. The van der Waals surface area contributed by atoms with Gasteiger partial charge in [-0.3, -0.25) is 0 Å². The summed E-state index contributed by atoms with van der Waals surface area (Å²) >= 11 is 6.12. The van der Waals surface area contributed by atoms with Crippen LogP contribution in [0.15, 0.2) is 12.1 Å². The lowest BCUT2D eigenvalue weighted by Crippen LogP contribution is -2.29. The van der Waals surface area contributed by atoms with Gasteiger partial charge in [0.15, 0.2) is 11.5 Å². The maximum absolute atomic E-state index is 8.88. The molecule has 0 N–H and O–H groups in total. The lowest BCUT2D eigenvalue weighted by molar-refractivity contribution is 0.327. The molecule has 5 heteroatoms. The third-order valence-corrected chi connectivity index (χ3v) is 2.94. The molecule has 3 nitrogen and oxygen atoms in total. The molecule has 0 aromatic heterocycles. The minimum Gasteiger partial charge on any atom is -0.541 e. The first-order valence-electron chi connectivity index (χ1n) is 5.43. The average Bonchev–Trinajstić information content (AvgIpc) is 2.21. The number of nitrogens with zero attached hydrogens (tertiary/aromatic N) is 1. The predicted molar refractivity (Wildman–Crippen MR) is 71.3 cm³/mol. The smallest absolute Gasteiger partial charge is 0.242 e. The molecular weight excluding hydrogens is 254 g/mol. The molecule has 1 rings (SSSR count). The summed E-state index contributed by atoms with van der Waals surface area (Å²) in [5, 5.41) is 9.31. The number of halogens is 1. The van der Waals surface area contributed by atoms with Crippen molar-refractivity contribution < 1.29 is 9.16 Å². The normalized spacial score (nSPS) is 10.8. The molecular formula is C12H16ClNO2Si. The molecule has 0 saturated carbocycles. The highest BCUT2D eigenvalue weighted by Crippen LogP contribution is 2.38. The molecule has 0 saturated heterocycles. The first-order valence-corrected chi connectivity index (χ1v) is 9.21. The molecule has 17 heavy (non-hydrogen) atoms. The molecule has 1 aromatic carbocycles. The van der Waals surface area contributed by atoms with Crippen molar-refractivity contribution in [1.82, 2.24) is 0 Å². The topological polar surface area (TPSA) is 42.2 Å². The zero-order chi connectivity index (χ0) is 13.1. The van der Waals surface area contributed by atoms with Crippen molar-refractivity contribution in [3.63, 3.8) is 0 Å². The molecule has 0 aliphatic heterocycles. The predicted octanol–water partition coefficient (Wildman–Crippen LogP) is 3.82. The van der Waals surface area contributed by atoms with Gasteiger partial charge in [-0.1, -0.05) is 11.6 Å². The van der Waals surface area contributed by atoms with Crippen LogP contribution in [0.5, 0.6) is 11.5 Å². The maximum Gasteiger partial charge on any atom is 0.242 e. The third kappa shape index (κ3) is 3.95. The average molecular weight is 270 g/mol. The van der Waals surface area contributed by atoms with Crippen molar-refractivity contribution in [1.29, 1.82) is 5.26 Å². The van der Waals surface area contributed by atoms with Crippen molar-refractivity contribution in [3.8, 4) is 17.6 Å². The Bertz CT molecular complexity index is 449. The van der Waals surface area contributed by atoms with Crippen LogP contribution in [-0.4, -0.2) is 14.9 Å². The summed E-state index contributed by atoms with van der Waals surface area (Å²) in [6, 6.07) is 5.30. The summed E-state index contributed by atoms with van der Waals surface area (Å²) < 4.78 is 11.4. The highest BCUT2D eigenvalue weighted by atomic mass is 35.5. The van der Waals surface area contributed by atoms with E-state index in [0.29, 0.717) is 28.7 Å². The monoisotopic (exact) mass is 269 g/mol. The van der Waals surface area contributed by atoms with Crippen molar-refractivity contribution in [3.05, 3.63) is 22.7 Å². The highest BCUT2D eigenvalue weighted by molar-refractivity contribution is 6.70. The van der Waals surface area contributed by atoms with Crippen LogP contribution in [0.3, 0.4) is 0 Å².